The number of amides is 1. The Morgan fingerprint density at radius 2 is 1.43 bits per heavy atom. The van der Waals surface area contributed by atoms with Crippen molar-refractivity contribution >= 4 is 5.91 Å². The van der Waals surface area contributed by atoms with E-state index < -0.39 is 29.1 Å². The third-order valence-electron chi connectivity index (χ3n) is 3.14. The normalized spacial score (nSPS) is 16.9. The molecule has 0 unspecified atom stereocenters. The molecule has 0 N–H and O–H groups in total. The Balaban J connectivity index is 2.20. The second kappa shape index (κ2) is 5.59. The quantitative estimate of drug-likeness (QED) is 0.786. The molecule has 0 bridgehead atoms. The fraction of sp³-hybridized carbons (Fsp3) is 0.462. The molecule has 21 heavy (non-hydrogen) atoms. The molecule has 0 radical (unpaired) electrons. The van der Waals surface area contributed by atoms with E-state index in [4.69, 9.17) is 4.74 Å². The van der Waals surface area contributed by atoms with Gasteiger partial charge in [0.15, 0.2) is 0 Å². The first-order valence-corrected chi connectivity index (χ1v) is 6.15. The van der Waals surface area contributed by atoms with Gasteiger partial charge in [-0.1, -0.05) is 12.1 Å². The standard InChI is InChI=1S/C13H12F5NO2/c14-12(15,11(20)19-5-7-21-8-6-19)9-1-3-10(4-2-9)13(16,17)18/h1-4H,5-8H2. The molecule has 8 heteroatoms. The third-order valence-corrected chi connectivity index (χ3v) is 3.14. The molecule has 1 fully saturated rings. The Kier molecular flexibility index (Phi) is 4.18. The zero-order valence-corrected chi connectivity index (χ0v) is 10.8. The minimum Gasteiger partial charge on any atom is -0.378 e. The van der Waals surface area contributed by atoms with Gasteiger partial charge in [0.05, 0.1) is 18.8 Å². The van der Waals surface area contributed by atoms with E-state index in [-0.39, 0.29) is 26.3 Å². The van der Waals surface area contributed by atoms with Gasteiger partial charge in [0.1, 0.15) is 0 Å². The molecule has 3 nitrogen and oxygen atoms in total. The lowest BCUT2D eigenvalue weighted by Crippen LogP contribution is -2.47. The summed E-state index contributed by atoms with van der Waals surface area (Å²) < 4.78 is 70.2. The average Bonchev–Trinajstić information content (AvgIpc) is 2.46. The van der Waals surface area contributed by atoms with Crippen LogP contribution in [0.4, 0.5) is 22.0 Å². The van der Waals surface area contributed by atoms with E-state index in [1.165, 1.54) is 0 Å². The van der Waals surface area contributed by atoms with E-state index in [1.807, 2.05) is 0 Å². The van der Waals surface area contributed by atoms with Gasteiger partial charge in [-0.2, -0.15) is 22.0 Å². The van der Waals surface area contributed by atoms with Crippen LogP contribution in [0.25, 0.3) is 0 Å². The van der Waals surface area contributed by atoms with Crippen LogP contribution in [0.3, 0.4) is 0 Å². The molecule has 1 aromatic carbocycles. The molecule has 1 amide bonds. The zero-order chi connectivity index (χ0) is 15.7. The maximum absolute atomic E-state index is 14.0. The third kappa shape index (κ3) is 3.31. The summed E-state index contributed by atoms with van der Waals surface area (Å²) in [5.41, 5.74) is -1.80. The zero-order valence-electron chi connectivity index (χ0n) is 10.8. The molecule has 1 aliphatic heterocycles. The first-order valence-electron chi connectivity index (χ1n) is 6.15. The first kappa shape index (κ1) is 15.7. The summed E-state index contributed by atoms with van der Waals surface area (Å²) >= 11 is 0. The maximum Gasteiger partial charge on any atom is 0.416 e. The number of nitrogens with zero attached hydrogens (tertiary/aromatic N) is 1. The van der Waals surface area contributed by atoms with Gasteiger partial charge in [0, 0.05) is 18.7 Å². The van der Waals surface area contributed by atoms with Crippen molar-refractivity contribution in [3.05, 3.63) is 35.4 Å². The topological polar surface area (TPSA) is 29.5 Å². The number of hydrogen-bond donors (Lipinski definition) is 0. The lowest BCUT2D eigenvalue weighted by atomic mass is 10.0. The highest BCUT2D eigenvalue weighted by atomic mass is 19.4. The van der Waals surface area contributed by atoms with Gasteiger partial charge in [-0.3, -0.25) is 4.79 Å². The Bertz CT molecular complexity index is 506. The van der Waals surface area contributed by atoms with E-state index in [0.717, 1.165) is 4.90 Å². The molecule has 0 spiro atoms. The van der Waals surface area contributed by atoms with E-state index in [1.54, 1.807) is 0 Å². The SMILES string of the molecule is O=C(N1CCOCC1)C(F)(F)c1ccc(C(F)(F)F)cc1. The summed E-state index contributed by atoms with van der Waals surface area (Å²) in [7, 11) is 0. The molecule has 2 rings (SSSR count). The van der Waals surface area contributed by atoms with Crippen molar-refractivity contribution in [1.82, 2.24) is 4.90 Å². The number of carbonyl (C=O) groups is 1. The molecule has 0 atom stereocenters. The molecule has 1 aliphatic rings. The van der Waals surface area contributed by atoms with Crippen molar-refractivity contribution in [3.63, 3.8) is 0 Å². The first-order chi connectivity index (χ1) is 9.73. The Morgan fingerprint density at radius 1 is 0.952 bits per heavy atom. The van der Waals surface area contributed by atoms with Gasteiger partial charge in [-0.25, -0.2) is 0 Å². The van der Waals surface area contributed by atoms with Crippen LogP contribution in [0.5, 0.6) is 0 Å². The summed E-state index contributed by atoms with van der Waals surface area (Å²) in [6, 6.07) is 2.33. The van der Waals surface area contributed by atoms with E-state index in [0.29, 0.717) is 24.3 Å². The van der Waals surface area contributed by atoms with Gasteiger partial charge in [0.2, 0.25) is 0 Å². The average molecular weight is 309 g/mol. The molecular weight excluding hydrogens is 297 g/mol. The van der Waals surface area contributed by atoms with Crippen molar-refractivity contribution < 1.29 is 31.5 Å². The van der Waals surface area contributed by atoms with Crippen LogP contribution in [0.1, 0.15) is 11.1 Å². The van der Waals surface area contributed by atoms with Crippen LogP contribution in [-0.2, 0) is 21.6 Å². The molecule has 0 aromatic heterocycles. The fourth-order valence-corrected chi connectivity index (χ4v) is 1.96. The monoisotopic (exact) mass is 309 g/mol. The van der Waals surface area contributed by atoms with Crippen LogP contribution in [-0.4, -0.2) is 37.1 Å². The van der Waals surface area contributed by atoms with E-state index in [2.05, 4.69) is 0 Å². The predicted octanol–water partition coefficient (Wildman–Crippen LogP) is 2.66. The van der Waals surface area contributed by atoms with Gasteiger partial charge >= 0.3 is 12.1 Å². The number of ether oxygens (including phenoxy) is 1. The number of rotatable bonds is 2. The highest BCUT2D eigenvalue weighted by Crippen LogP contribution is 2.34. The molecule has 116 valence electrons. The number of morpholine rings is 1. The number of benzene rings is 1. The van der Waals surface area contributed by atoms with Crippen LogP contribution >= 0.6 is 0 Å². The van der Waals surface area contributed by atoms with Crippen molar-refractivity contribution in [1.29, 1.82) is 0 Å². The lowest BCUT2D eigenvalue weighted by molar-refractivity contribution is -0.163. The molecule has 0 aliphatic carbocycles. The van der Waals surface area contributed by atoms with Crippen molar-refractivity contribution in [2.24, 2.45) is 0 Å². The summed E-state index contributed by atoms with van der Waals surface area (Å²) in [4.78, 5) is 12.7. The summed E-state index contributed by atoms with van der Waals surface area (Å²) in [5, 5.41) is 0. The number of hydrogen-bond acceptors (Lipinski definition) is 2. The highest BCUT2D eigenvalue weighted by Gasteiger charge is 2.44. The van der Waals surface area contributed by atoms with Crippen LogP contribution < -0.4 is 0 Å². The predicted molar refractivity (Wildman–Crippen MR) is 62.7 cm³/mol. The van der Waals surface area contributed by atoms with E-state index in [9.17, 15) is 26.7 Å². The molecular formula is C13H12F5NO2. The summed E-state index contributed by atoms with van der Waals surface area (Å²) in [6.07, 6.45) is -4.61. The van der Waals surface area contributed by atoms with Crippen LogP contribution in [0.15, 0.2) is 24.3 Å². The minimum atomic E-state index is -4.61. The summed E-state index contributed by atoms with van der Waals surface area (Å²) in [6.45, 7) is 0.397. The largest absolute Gasteiger partial charge is 0.416 e. The van der Waals surface area contributed by atoms with Gasteiger partial charge in [-0.15, -0.1) is 0 Å². The number of alkyl halides is 5. The Hall–Kier alpha value is -1.70. The van der Waals surface area contributed by atoms with Gasteiger partial charge in [-0.05, 0) is 12.1 Å². The van der Waals surface area contributed by atoms with Gasteiger partial charge in [0.25, 0.3) is 5.91 Å². The van der Waals surface area contributed by atoms with Crippen LogP contribution in [0, 0.1) is 0 Å². The second-order valence-electron chi connectivity index (χ2n) is 4.55. The minimum absolute atomic E-state index is 0.0368. The second-order valence-corrected chi connectivity index (χ2v) is 4.55. The number of carbonyl (C=O) groups excluding carboxylic acids is 1. The molecule has 0 saturated carbocycles. The van der Waals surface area contributed by atoms with Crippen molar-refractivity contribution in [2.45, 2.75) is 12.1 Å². The van der Waals surface area contributed by atoms with Crippen molar-refractivity contribution in [3.8, 4) is 0 Å². The number of halogens is 5. The maximum atomic E-state index is 14.0. The Morgan fingerprint density at radius 3 is 1.90 bits per heavy atom. The molecule has 1 heterocycles. The molecule has 1 saturated heterocycles. The highest BCUT2D eigenvalue weighted by molar-refractivity contribution is 5.85. The lowest BCUT2D eigenvalue weighted by Gasteiger charge is -2.30. The van der Waals surface area contributed by atoms with Crippen LogP contribution in [0.2, 0.25) is 0 Å². The van der Waals surface area contributed by atoms with Gasteiger partial charge < -0.3 is 9.64 Å². The fourth-order valence-electron chi connectivity index (χ4n) is 1.96. The Labute approximate surface area is 117 Å². The van der Waals surface area contributed by atoms with E-state index >= 15 is 0 Å². The summed E-state index contributed by atoms with van der Waals surface area (Å²) in [5.74, 6) is -5.29. The smallest absolute Gasteiger partial charge is 0.378 e. The van der Waals surface area contributed by atoms with Crippen molar-refractivity contribution in [2.75, 3.05) is 26.3 Å². The molecule has 1 aromatic rings.